The fourth-order valence-electron chi connectivity index (χ4n) is 9.60. The van der Waals surface area contributed by atoms with Gasteiger partial charge in [-0.25, -0.2) is 4.79 Å². The van der Waals surface area contributed by atoms with Gasteiger partial charge in [-0.1, -0.05) is 51.8 Å². The van der Waals surface area contributed by atoms with Gasteiger partial charge in [-0.2, -0.15) is 0 Å². The first-order chi connectivity index (χ1) is 27.0. The number of ketones is 2. The molecule has 13 nitrogen and oxygen atoms in total. The summed E-state index contributed by atoms with van der Waals surface area (Å²) < 4.78 is 29.8. The number of hydrogen-bond donors (Lipinski definition) is 3. The molecular weight excluding hydrogens is 734 g/mol. The standard InChI is InChI=1S/C44H71NO12/c1-10-13-31-19-25(2)18-26(3)20-37(54-8)40-38(55-9)22-28(5)44(52,57-40)41(49)42(50)45-17-12-11-14-32(45)43(51)56-39(29(6)34(47)24-35(31)48)27(4)21-30-15-16-33(46)36(23-30)53-7/h19,21,26,28-34,36-40,46-47,52H,10-18,20,22-24H2,1-9H3/b25-19+,27-21+/t26-,28+,29+,30-,31+,32-,33+,34-,36-,37-,38+,39+,40+,44+/m0/s1. The van der Waals surface area contributed by atoms with Crippen LogP contribution in [0.2, 0.25) is 0 Å². The maximum atomic E-state index is 14.3. The van der Waals surface area contributed by atoms with Crippen molar-refractivity contribution in [1.29, 1.82) is 0 Å². The van der Waals surface area contributed by atoms with Crippen molar-refractivity contribution in [2.24, 2.45) is 29.6 Å². The third-order valence-electron chi connectivity index (χ3n) is 13.1. The second-order valence-corrected chi connectivity index (χ2v) is 17.5. The molecule has 2 saturated heterocycles. The number of amides is 1. The number of Topliss-reactive ketones (excluding diaryl/α,β-unsaturated/α-hetero) is 2. The molecule has 0 aromatic rings. The molecule has 4 aliphatic rings. The highest BCUT2D eigenvalue weighted by molar-refractivity contribution is 6.39. The molecular formula is C44H71NO12. The minimum absolute atomic E-state index is 0.000416. The van der Waals surface area contributed by atoms with Crippen molar-refractivity contribution in [3.8, 4) is 0 Å². The summed E-state index contributed by atoms with van der Waals surface area (Å²) in [6.07, 6.45) is 4.60. The number of carbonyl (C=O) groups excluding carboxylic acids is 4. The number of carbonyl (C=O) groups is 4. The van der Waals surface area contributed by atoms with Crippen molar-refractivity contribution in [2.45, 2.75) is 173 Å². The summed E-state index contributed by atoms with van der Waals surface area (Å²) in [6, 6.07) is -1.13. The van der Waals surface area contributed by atoms with Gasteiger partial charge in [0, 0.05) is 52.0 Å². The van der Waals surface area contributed by atoms with Gasteiger partial charge in [-0.05, 0) is 95.5 Å². The smallest absolute Gasteiger partial charge is 0.329 e. The van der Waals surface area contributed by atoms with E-state index < -0.39 is 83.9 Å². The summed E-state index contributed by atoms with van der Waals surface area (Å²) in [7, 11) is 4.64. The highest BCUT2D eigenvalue weighted by Crippen LogP contribution is 2.39. The number of fused-ring (bicyclic) bond motifs is 3. The van der Waals surface area contributed by atoms with Crippen molar-refractivity contribution >= 4 is 23.4 Å². The zero-order chi connectivity index (χ0) is 42.2. The number of esters is 1. The Bertz CT molecular complexity index is 1450. The number of hydrogen-bond acceptors (Lipinski definition) is 12. The number of aliphatic hydroxyl groups excluding tert-OH is 2. The lowest BCUT2D eigenvalue weighted by molar-refractivity contribution is -0.302. The summed E-state index contributed by atoms with van der Waals surface area (Å²) >= 11 is 0. The van der Waals surface area contributed by atoms with Gasteiger partial charge < -0.3 is 43.9 Å². The summed E-state index contributed by atoms with van der Waals surface area (Å²) in [5, 5.41) is 34.2. The molecule has 3 aliphatic heterocycles. The number of piperidine rings is 1. The average molecular weight is 806 g/mol. The number of rotatable bonds is 7. The number of nitrogens with zero attached hydrogens (tertiary/aromatic N) is 1. The fraction of sp³-hybridized carbons (Fsp3) is 0.818. The summed E-state index contributed by atoms with van der Waals surface area (Å²) in [6.45, 7) is 11.4. The Morgan fingerprint density at radius 3 is 2.23 bits per heavy atom. The van der Waals surface area contributed by atoms with Crippen molar-refractivity contribution in [1.82, 2.24) is 4.90 Å². The van der Waals surface area contributed by atoms with Gasteiger partial charge >= 0.3 is 5.97 Å². The third kappa shape index (κ3) is 11.4. The lowest BCUT2D eigenvalue weighted by Crippen LogP contribution is -2.64. The molecule has 0 aromatic carbocycles. The average Bonchev–Trinajstić information content (AvgIpc) is 3.18. The second-order valence-electron chi connectivity index (χ2n) is 17.5. The Kier molecular flexibility index (Phi) is 17.5. The SMILES string of the molecule is CCC[C@@H]1/C=C(\C)C[C@H](C)C[C@H](OC)[C@H]2O[C@@](O)(C(=O)C(=O)N3CCCC[C@H]3C(=O)O[C@H](/C(C)=C/[C@@H]3CC[C@@H](O)[C@@H](OC)C3)[C@H](C)[C@@H](O)CC1=O)[C@H](C)C[C@H]2OC. The Morgan fingerprint density at radius 1 is 0.912 bits per heavy atom. The number of cyclic esters (lactones) is 1. The summed E-state index contributed by atoms with van der Waals surface area (Å²) in [5.74, 6) is -7.46. The molecule has 1 amide bonds. The van der Waals surface area contributed by atoms with E-state index >= 15 is 0 Å². The molecule has 4 rings (SSSR count). The van der Waals surface area contributed by atoms with Crippen LogP contribution in [-0.4, -0.2) is 126 Å². The Labute approximate surface area is 339 Å². The van der Waals surface area contributed by atoms with Gasteiger partial charge in [0.2, 0.25) is 5.79 Å². The third-order valence-corrected chi connectivity index (χ3v) is 13.1. The molecule has 57 heavy (non-hydrogen) atoms. The zero-order valence-electron chi connectivity index (χ0n) is 35.8. The molecule has 3 fully saturated rings. The Balaban J connectivity index is 1.77. The minimum atomic E-state index is -2.50. The predicted molar refractivity (Wildman–Crippen MR) is 213 cm³/mol. The molecule has 324 valence electrons. The predicted octanol–water partition coefficient (Wildman–Crippen LogP) is 4.86. The topological polar surface area (TPSA) is 178 Å². The number of aliphatic hydroxyl groups is 3. The van der Waals surface area contributed by atoms with Crippen molar-refractivity contribution < 1.29 is 58.2 Å². The lowest BCUT2D eigenvalue weighted by atomic mass is 9.81. The Morgan fingerprint density at radius 2 is 1.58 bits per heavy atom. The molecule has 3 N–H and O–H groups in total. The molecule has 14 atom stereocenters. The molecule has 0 radical (unpaired) electrons. The molecule has 0 aromatic heterocycles. The van der Waals surface area contributed by atoms with Crippen LogP contribution in [0.3, 0.4) is 0 Å². The van der Waals surface area contributed by atoms with Crippen LogP contribution in [0.25, 0.3) is 0 Å². The molecule has 2 bridgehead atoms. The van der Waals surface area contributed by atoms with Crippen LogP contribution in [0.4, 0.5) is 0 Å². The van der Waals surface area contributed by atoms with Gasteiger partial charge in [0.15, 0.2) is 0 Å². The maximum absolute atomic E-state index is 14.3. The summed E-state index contributed by atoms with van der Waals surface area (Å²) in [5.41, 5.74) is 1.67. The first kappa shape index (κ1) is 47.2. The van der Waals surface area contributed by atoms with Gasteiger partial charge in [-0.15, -0.1) is 0 Å². The van der Waals surface area contributed by atoms with Crippen LogP contribution in [0.5, 0.6) is 0 Å². The molecule has 3 heterocycles. The van der Waals surface area contributed by atoms with E-state index in [4.69, 9.17) is 23.7 Å². The van der Waals surface area contributed by atoms with Crippen molar-refractivity contribution in [3.63, 3.8) is 0 Å². The zero-order valence-corrected chi connectivity index (χ0v) is 35.8. The molecule has 1 saturated carbocycles. The van der Waals surface area contributed by atoms with E-state index in [-0.39, 0.29) is 49.5 Å². The Hall–Kier alpha value is -2.52. The fourth-order valence-corrected chi connectivity index (χ4v) is 9.60. The first-order valence-electron chi connectivity index (χ1n) is 21.3. The van der Waals surface area contributed by atoms with Crippen molar-refractivity contribution in [3.05, 3.63) is 23.3 Å². The summed E-state index contributed by atoms with van der Waals surface area (Å²) in [4.78, 5) is 57.9. The molecule has 1 aliphatic carbocycles. The van der Waals surface area contributed by atoms with Crippen LogP contribution >= 0.6 is 0 Å². The van der Waals surface area contributed by atoms with E-state index in [2.05, 4.69) is 6.92 Å². The second kappa shape index (κ2) is 21.1. The van der Waals surface area contributed by atoms with E-state index in [0.717, 1.165) is 12.0 Å². The van der Waals surface area contributed by atoms with E-state index in [1.165, 1.54) is 19.1 Å². The largest absolute Gasteiger partial charge is 0.456 e. The van der Waals surface area contributed by atoms with Gasteiger partial charge in [-0.3, -0.25) is 14.4 Å². The van der Waals surface area contributed by atoms with E-state index in [9.17, 15) is 34.5 Å². The van der Waals surface area contributed by atoms with Gasteiger partial charge in [0.05, 0.1) is 30.5 Å². The minimum Gasteiger partial charge on any atom is -0.456 e. The number of methoxy groups -OCH3 is 3. The van der Waals surface area contributed by atoms with Crippen molar-refractivity contribution in [2.75, 3.05) is 27.9 Å². The van der Waals surface area contributed by atoms with E-state index in [1.807, 2.05) is 32.9 Å². The molecule has 13 heteroatoms. The van der Waals surface area contributed by atoms with Crippen LogP contribution in [0.1, 0.15) is 119 Å². The van der Waals surface area contributed by atoms with E-state index in [0.29, 0.717) is 56.9 Å². The first-order valence-corrected chi connectivity index (χ1v) is 21.3. The van der Waals surface area contributed by atoms with Gasteiger partial charge in [0.1, 0.15) is 24.0 Å². The highest BCUT2D eigenvalue weighted by Gasteiger charge is 2.56. The normalized spacial score (nSPS) is 41.1. The van der Waals surface area contributed by atoms with Crippen LogP contribution in [0, 0.1) is 29.6 Å². The monoisotopic (exact) mass is 805 g/mol. The highest BCUT2D eigenvalue weighted by atomic mass is 16.7. The van der Waals surface area contributed by atoms with E-state index in [1.54, 1.807) is 21.0 Å². The molecule has 0 unspecified atom stereocenters. The quantitative estimate of drug-likeness (QED) is 0.181. The van der Waals surface area contributed by atoms with Crippen LogP contribution in [-0.2, 0) is 42.9 Å². The van der Waals surface area contributed by atoms with Gasteiger partial charge in [0.25, 0.3) is 11.7 Å². The lowest BCUT2D eigenvalue weighted by Gasteiger charge is -2.47. The maximum Gasteiger partial charge on any atom is 0.329 e. The van der Waals surface area contributed by atoms with Crippen LogP contribution < -0.4 is 0 Å². The number of allylic oxidation sites excluding steroid dienone is 3. The van der Waals surface area contributed by atoms with Crippen LogP contribution in [0.15, 0.2) is 23.3 Å². The number of ether oxygens (including phenoxy) is 5. The molecule has 0 spiro atoms.